The van der Waals surface area contributed by atoms with Crippen molar-refractivity contribution < 1.29 is 4.42 Å². The summed E-state index contributed by atoms with van der Waals surface area (Å²) in [5.74, 6) is 1.74. The van der Waals surface area contributed by atoms with Crippen LogP contribution in [0.15, 0.2) is 40.8 Å². The number of nitrogens with two attached hydrogens (primary N) is 1. The minimum atomic E-state index is 0.0458. The van der Waals surface area contributed by atoms with Crippen LogP contribution in [-0.4, -0.2) is 34.0 Å². The molecule has 2 N–H and O–H groups in total. The van der Waals surface area contributed by atoms with Crippen molar-refractivity contribution >= 4 is 45.1 Å². The Bertz CT molecular complexity index is 1200. The molecule has 0 radical (unpaired) electrons. The van der Waals surface area contributed by atoms with E-state index in [2.05, 4.69) is 26.0 Å². The highest BCUT2D eigenvalue weighted by Gasteiger charge is 2.13. The molecule has 0 atom stereocenters. The van der Waals surface area contributed by atoms with E-state index in [-0.39, 0.29) is 17.3 Å². The topological polar surface area (TPSA) is 118 Å². The maximum absolute atomic E-state index is 9.56. The third kappa shape index (κ3) is 3.41. The van der Waals surface area contributed by atoms with Crippen LogP contribution in [0.4, 0.5) is 11.9 Å². The van der Waals surface area contributed by atoms with E-state index in [0.717, 1.165) is 15.2 Å². The summed E-state index contributed by atoms with van der Waals surface area (Å²) >= 11 is 1.55. The molecular formula is C19H15N7OS. The second kappa shape index (κ2) is 7.09. The average Bonchev–Trinajstić information content (AvgIpc) is 3.32. The fraction of sp³-hybridized carbons (Fsp3) is 0.105. The highest BCUT2D eigenvalue weighted by molar-refractivity contribution is 7.21. The van der Waals surface area contributed by atoms with Crippen molar-refractivity contribution in [2.45, 2.75) is 0 Å². The van der Waals surface area contributed by atoms with Gasteiger partial charge in [-0.15, -0.1) is 11.3 Å². The Kier molecular flexibility index (Phi) is 4.47. The number of hydrogen-bond acceptors (Lipinski definition) is 9. The Hall–Kier alpha value is -3.77. The summed E-state index contributed by atoms with van der Waals surface area (Å²) in [5, 5.41) is 10.3. The van der Waals surface area contributed by atoms with Gasteiger partial charge >= 0.3 is 0 Å². The fourth-order valence-electron chi connectivity index (χ4n) is 2.51. The minimum Gasteiger partial charge on any atom is -0.454 e. The SMILES string of the molecule is CN(C)c1nc(N)nc(/C(C#N)=C\c2ccc(-c3nc4ccccc4s3)o2)n1. The number of thiazole rings is 1. The summed E-state index contributed by atoms with van der Waals surface area (Å²) in [4.78, 5) is 18.6. The van der Waals surface area contributed by atoms with Crippen molar-refractivity contribution in [2.75, 3.05) is 24.7 Å². The standard InChI is InChI=1S/C19H15N7OS/c1-26(2)19-24-16(23-18(21)25-19)11(10-20)9-12-7-8-14(27-12)17-22-13-5-3-4-6-15(13)28-17/h3-9H,1-2H3,(H2,21,23,24,25)/b11-9-. The Morgan fingerprint density at radius 1 is 1.14 bits per heavy atom. The molecule has 0 bridgehead atoms. The van der Waals surface area contributed by atoms with Gasteiger partial charge in [0.1, 0.15) is 17.4 Å². The molecule has 0 unspecified atom stereocenters. The van der Waals surface area contributed by atoms with Gasteiger partial charge in [0.05, 0.1) is 10.2 Å². The second-order valence-corrected chi connectivity index (χ2v) is 7.10. The first-order chi connectivity index (χ1) is 13.5. The first-order valence-electron chi connectivity index (χ1n) is 8.30. The number of hydrogen-bond donors (Lipinski definition) is 1. The van der Waals surface area contributed by atoms with E-state index in [1.165, 1.54) is 0 Å². The molecular weight excluding hydrogens is 374 g/mol. The molecule has 9 heteroatoms. The van der Waals surface area contributed by atoms with Gasteiger partial charge < -0.3 is 15.1 Å². The zero-order valence-corrected chi connectivity index (χ0v) is 15.9. The van der Waals surface area contributed by atoms with Gasteiger partial charge in [0.15, 0.2) is 16.6 Å². The van der Waals surface area contributed by atoms with E-state index < -0.39 is 0 Å². The molecule has 0 saturated heterocycles. The zero-order valence-electron chi connectivity index (χ0n) is 15.1. The summed E-state index contributed by atoms with van der Waals surface area (Å²) in [6.45, 7) is 0. The van der Waals surface area contributed by atoms with Gasteiger partial charge in [-0.3, -0.25) is 0 Å². The number of allylic oxidation sites excluding steroid dienone is 1. The molecule has 0 amide bonds. The molecule has 3 heterocycles. The summed E-state index contributed by atoms with van der Waals surface area (Å²) in [6.07, 6.45) is 1.57. The van der Waals surface area contributed by atoms with Crippen molar-refractivity contribution in [1.82, 2.24) is 19.9 Å². The summed E-state index contributed by atoms with van der Waals surface area (Å²) in [6, 6.07) is 13.6. The predicted octanol–water partition coefficient (Wildman–Crippen LogP) is 3.45. The number of furan rings is 1. The lowest BCUT2D eigenvalue weighted by molar-refractivity contribution is 0.571. The molecule has 0 saturated carbocycles. The number of para-hydroxylation sites is 1. The number of anilines is 2. The van der Waals surface area contributed by atoms with Gasteiger partial charge in [-0.2, -0.15) is 20.2 Å². The van der Waals surface area contributed by atoms with Crippen LogP contribution in [0.1, 0.15) is 11.6 Å². The van der Waals surface area contributed by atoms with E-state index in [1.807, 2.05) is 30.3 Å². The third-order valence-corrected chi connectivity index (χ3v) is 4.87. The Morgan fingerprint density at radius 3 is 2.71 bits per heavy atom. The van der Waals surface area contributed by atoms with Crippen LogP contribution in [-0.2, 0) is 0 Å². The van der Waals surface area contributed by atoms with E-state index in [0.29, 0.717) is 17.5 Å². The predicted molar refractivity (Wildman–Crippen MR) is 109 cm³/mol. The molecule has 0 aliphatic rings. The van der Waals surface area contributed by atoms with Crippen molar-refractivity contribution in [2.24, 2.45) is 0 Å². The quantitative estimate of drug-likeness (QED) is 0.527. The first kappa shape index (κ1) is 17.6. The van der Waals surface area contributed by atoms with Gasteiger partial charge in [-0.05, 0) is 24.3 Å². The molecule has 8 nitrogen and oxygen atoms in total. The lowest BCUT2D eigenvalue weighted by Gasteiger charge is -2.10. The highest BCUT2D eigenvalue weighted by atomic mass is 32.1. The second-order valence-electron chi connectivity index (χ2n) is 6.07. The molecule has 4 aromatic rings. The maximum Gasteiger partial charge on any atom is 0.230 e. The molecule has 0 spiro atoms. The summed E-state index contributed by atoms with van der Waals surface area (Å²) in [7, 11) is 3.57. The number of nitrogens with zero attached hydrogens (tertiary/aromatic N) is 6. The van der Waals surface area contributed by atoms with Gasteiger partial charge in [-0.1, -0.05) is 12.1 Å². The summed E-state index contributed by atoms with van der Waals surface area (Å²) < 4.78 is 6.95. The van der Waals surface area contributed by atoms with Crippen LogP contribution in [0.5, 0.6) is 0 Å². The fourth-order valence-corrected chi connectivity index (χ4v) is 3.44. The van der Waals surface area contributed by atoms with Crippen LogP contribution in [0, 0.1) is 11.3 Å². The van der Waals surface area contributed by atoms with Crippen molar-refractivity contribution in [3.63, 3.8) is 0 Å². The van der Waals surface area contributed by atoms with E-state index in [1.54, 1.807) is 42.5 Å². The van der Waals surface area contributed by atoms with Crippen LogP contribution in [0.2, 0.25) is 0 Å². The number of fused-ring (bicyclic) bond motifs is 1. The molecule has 0 fully saturated rings. The van der Waals surface area contributed by atoms with Crippen LogP contribution < -0.4 is 10.6 Å². The molecule has 138 valence electrons. The van der Waals surface area contributed by atoms with Crippen molar-refractivity contribution in [1.29, 1.82) is 5.26 Å². The van der Waals surface area contributed by atoms with Crippen molar-refractivity contribution in [3.8, 4) is 16.8 Å². The number of nitriles is 1. The molecule has 28 heavy (non-hydrogen) atoms. The zero-order chi connectivity index (χ0) is 19.7. The third-order valence-electron chi connectivity index (χ3n) is 3.82. The molecule has 4 rings (SSSR count). The van der Waals surface area contributed by atoms with E-state index in [4.69, 9.17) is 10.2 Å². The van der Waals surface area contributed by atoms with Gasteiger partial charge in [0.2, 0.25) is 11.9 Å². The van der Waals surface area contributed by atoms with Crippen LogP contribution in [0.25, 0.3) is 32.6 Å². The molecule has 1 aromatic carbocycles. The number of benzene rings is 1. The Morgan fingerprint density at radius 2 is 1.96 bits per heavy atom. The van der Waals surface area contributed by atoms with Crippen molar-refractivity contribution in [3.05, 3.63) is 48.0 Å². The molecule has 0 aliphatic carbocycles. The number of nitrogen functional groups attached to an aromatic ring is 1. The smallest absolute Gasteiger partial charge is 0.230 e. The minimum absolute atomic E-state index is 0.0458. The molecule has 0 aliphatic heterocycles. The largest absolute Gasteiger partial charge is 0.454 e. The number of rotatable bonds is 4. The normalized spacial score (nSPS) is 11.5. The molecule has 3 aromatic heterocycles. The van der Waals surface area contributed by atoms with E-state index in [9.17, 15) is 5.26 Å². The lowest BCUT2D eigenvalue weighted by atomic mass is 10.2. The Labute approximate surface area is 164 Å². The Balaban J connectivity index is 1.69. The van der Waals surface area contributed by atoms with E-state index >= 15 is 0 Å². The maximum atomic E-state index is 9.56. The monoisotopic (exact) mass is 389 g/mol. The summed E-state index contributed by atoms with van der Waals surface area (Å²) in [5.41, 5.74) is 6.89. The first-order valence-corrected chi connectivity index (χ1v) is 9.12. The number of aromatic nitrogens is 4. The highest BCUT2D eigenvalue weighted by Crippen LogP contribution is 2.31. The van der Waals surface area contributed by atoms with Gasteiger partial charge in [0.25, 0.3) is 0 Å². The van der Waals surface area contributed by atoms with Gasteiger partial charge in [0, 0.05) is 20.2 Å². The average molecular weight is 389 g/mol. The van der Waals surface area contributed by atoms with Crippen LogP contribution in [0.3, 0.4) is 0 Å². The van der Waals surface area contributed by atoms with Crippen LogP contribution >= 0.6 is 11.3 Å². The lowest BCUT2D eigenvalue weighted by Crippen LogP contribution is -2.15. The van der Waals surface area contributed by atoms with Gasteiger partial charge in [-0.25, -0.2) is 4.98 Å².